The first kappa shape index (κ1) is 16.8. The van der Waals surface area contributed by atoms with Crippen LogP contribution in [0.4, 0.5) is 11.4 Å². The van der Waals surface area contributed by atoms with E-state index in [-0.39, 0.29) is 11.8 Å². The van der Waals surface area contributed by atoms with Crippen molar-refractivity contribution in [1.29, 1.82) is 0 Å². The van der Waals surface area contributed by atoms with Crippen LogP contribution < -0.4 is 9.62 Å². The van der Waals surface area contributed by atoms with Crippen LogP contribution in [0.5, 0.6) is 0 Å². The highest BCUT2D eigenvalue weighted by Gasteiger charge is 2.25. The second kappa shape index (κ2) is 6.28. The number of nitrogens with one attached hydrogen (secondary N) is 1. The monoisotopic (exact) mass is 324 g/mol. The molecule has 5 nitrogen and oxygen atoms in total. The Hall–Kier alpha value is -1.56. The van der Waals surface area contributed by atoms with Crippen molar-refractivity contribution in [2.24, 2.45) is 5.92 Å². The van der Waals surface area contributed by atoms with Gasteiger partial charge in [-0.15, -0.1) is 0 Å². The van der Waals surface area contributed by atoms with Crippen LogP contribution in [-0.4, -0.2) is 26.1 Å². The van der Waals surface area contributed by atoms with Gasteiger partial charge in [0.25, 0.3) is 0 Å². The number of carbonyl (C=O) groups is 1. The second-order valence-electron chi connectivity index (χ2n) is 6.29. The molecule has 0 aromatic heterocycles. The maximum atomic E-state index is 12.3. The van der Waals surface area contributed by atoms with Crippen molar-refractivity contribution in [3.63, 3.8) is 0 Å². The van der Waals surface area contributed by atoms with Gasteiger partial charge in [-0.05, 0) is 50.5 Å². The average Bonchev–Trinajstić information content (AvgIpc) is 2.44. The maximum absolute atomic E-state index is 12.3. The van der Waals surface area contributed by atoms with Gasteiger partial charge in [-0.3, -0.25) is 9.52 Å². The molecule has 0 spiro atoms. The van der Waals surface area contributed by atoms with Gasteiger partial charge in [0, 0.05) is 23.8 Å². The molecular formula is C16H24N2O3S. The van der Waals surface area contributed by atoms with Crippen LogP contribution in [0.15, 0.2) is 18.2 Å². The topological polar surface area (TPSA) is 66.5 Å². The minimum absolute atomic E-state index is 0.0509. The third-order valence-electron chi connectivity index (χ3n) is 3.84. The van der Waals surface area contributed by atoms with Crippen LogP contribution in [0, 0.1) is 5.92 Å². The van der Waals surface area contributed by atoms with Crippen LogP contribution in [0.1, 0.15) is 39.7 Å². The van der Waals surface area contributed by atoms with Crippen molar-refractivity contribution in [3.8, 4) is 0 Å². The summed E-state index contributed by atoms with van der Waals surface area (Å²) in [6, 6.07) is 5.41. The summed E-state index contributed by atoms with van der Waals surface area (Å²) < 4.78 is 26.5. The zero-order valence-corrected chi connectivity index (χ0v) is 14.4. The molecule has 1 heterocycles. The number of hydrogen-bond acceptors (Lipinski definition) is 3. The highest BCUT2D eigenvalue weighted by atomic mass is 32.2. The summed E-state index contributed by atoms with van der Waals surface area (Å²) in [5, 5.41) is -0.484. The van der Waals surface area contributed by atoms with Gasteiger partial charge >= 0.3 is 0 Å². The highest BCUT2D eigenvalue weighted by Crippen LogP contribution is 2.31. The summed E-state index contributed by atoms with van der Waals surface area (Å²) in [5.74, 6) is 0.0570. The second-order valence-corrected chi connectivity index (χ2v) is 8.52. The molecule has 1 N–H and O–H groups in total. The Kier molecular flexibility index (Phi) is 4.80. The number of benzene rings is 1. The van der Waals surface area contributed by atoms with Crippen LogP contribution in [0.2, 0.25) is 0 Å². The standard InChI is InChI=1S/C16H24N2O3S/c1-11(2)16(19)18-9-5-6-13-10-14(7-8-15(13)18)17-22(20,21)12(3)4/h7-8,10-12,17H,5-6,9H2,1-4H3. The van der Waals surface area contributed by atoms with Crippen molar-refractivity contribution in [2.75, 3.05) is 16.2 Å². The van der Waals surface area contributed by atoms with E-state index in [0.717, 1.165) is 30.6 Å². The van der Waals surface area contributed by atoms with Gasteiger partial charge in [-0.2, -0.15) is 0 Å². The Morgan fingerprint density at radius 3 is 2.50 bits per heavy atom. The minimum atomic E-state index is -3.35. The number of rotatable bonds is 4. The molecule has 0 atom stereocenters. The van der Waals surface area contributed by atoms with E-state index in [1.165, 1.54) is 0 Å². The summed E-state index contributed by atoms with van der Waals surface area (Å²) in [6.07, 6.45) is 1.75. The Balaban J connectivity index is 2.30. The molecular weight excluding hydrogens is 300 g/mol. The van der Waals surface area contributed by atoms with Gasteiger partial charge in [-0.1, -0.05) is 13.8 Å². The molecule has 0 unspecified atom stereocenters. The Bertz CT molecular complexity index is 666. The Morgan fingerprint density at radius 1 is 1.23 bits per heavy atom. The maximum Gasteiger partial charge on any atom is 0.235 e. The first-order valence-corrected chi connectivity index (χ1v) is 9.23. The van der Waals surface area contributed by atoms with Crippen LogP contribution >= 0.6 is 0 Å². The lowest BCUT2D eigenvalue weighted by Crippen LogP contribution is -2.38. The van der Waals surface area contributed by atoms with E-state index < -0.39 is 15.3 Å². The largest absolute Gasteiger partial charge is 0.312 e. The van der Waals surface area contributed by atoms with Gasteiger partial charge in [0.05, 0.1) is 5.25 Å². The number of amides is 1. The molecule has 2 rings (SSSR count). The van der Waals surface area contributed by atoms with Crippen molar-refractivity contribution in [2.45, 2.75) is 45.8 Å². The lowest BCUT2D eigenvalue weighted by molar-refractivity contribution is -0.121. The third-order valence-corrected chi connectivity index (χ3v) is 5.60. The third kappa shape index (κ3) is 3.43. The number of anilines is 2. The molecule has 0 radical (unpaired) electrons. The minimum Gasteiger partial charge on any atom is -0.312 e. The molecule has 1 amide bonds. The molecule has 0 bridgehead atoms. The smallest absolute Gasteiger partial charge is 0.235 e. The fourth-order valence-electron chi connectivity index (χ4n) is 2.48. The van der Waals surface area contributed by atoms with Crippen molar-refractivity contribution in [3.05, 3.63) is 23.8 Å². The predicted octanol–water partition coefficient (Wildman–Crippen LogP) is 2.77. The van der Waals surface area contributed by atoms with Gasteiger partial charge in [0.2, 0.25) is 15.9 Å². The van der Waals surface area contributed by atoms with Crippen molar-refractivity contribution in [1.82, 2.24) is 0 Å². The quantitative estimate of drug-likeness (QED) is 0.926. The molecule has 1 aliphatic heterocycles. The van der Waals surface area contributed by atoms with E-state index in [1.54, 1.807) is 19.9 Å². The van der Waals surface area contributed by atoms with E-state index in [1.807, 2.05) is 30.9 Å². The summed E-state index contributed by atoms with van der Waals surface area (Å²) in [4.78, 5) is 14.1. The van der Waals surface area contributed by atoms with E-state index in [4.69, 9.17) is 0 Å². The summed E-state index contributed by atoms with van der Waals surface area (Å²) >= 11 is 0. The van der Waals surface area contributed by atoms with Crippen LogP contribution in [0.25, 0.3) is 0 Å². The number of nitrogens with zero attached hydrogens (tertiary/aromatic N) is 1. The first-order valence-electron chi connectivity index (χ1n) is 7.68. The number of carbonyl (C=O) groups excluding carboxylic acids is 1. The summed E-state index contributed by atoms with van der Waals surface area (Å²) in [7, 11) is -3.35. The Morgan fingerprint density at radius 2 is 1.91 bits per heavy atom. The predicted molar refractivity (Wildman–Crippen MR) is 89.6 cm³/mol. The summed E-state index contributed by atoms with van der Waals surface area (Å²) in [5.41, 5.74) is 2.48. The molecule has 122 valence electrons. The lowest BCUT2D eigenvalue weighted by Gasteiger charge is -2.31. The summed E-state index contributed by atoms with van der Waals surface area (Å²) in [6.45, 7) is 7.79. The van der Waals surface area contributed by atoms with E-state index in [0.29, 0.717) is 5.69 Å². The molecule has 1 aromatic rings. The zero-order valence-electron chi connectivity index (χ0n) is 13.6. The molecule has 1 aromatic carbocycles. The molecule has 0 aliphatic carbocycles. The fourth-order valence-corrected chi connectivity index (χ4v) is 3.17. The normalized spacial score (nSPS) is 15.1. The number of sulfonamides is 1. The average molecular weight is 324 g/mol. The van der Waals surface area contributed by atoms with Gasteiger partial charge in [-0.25, -0.2) is 8.42 Å². The van der Waals surface area contributed by atoms with Crippen LogP contribution in [0.3, 0.4) is 0 Å². The number of hydrogen-bond donors (Lipinski definition) is 1. The first-order chi connectivity index (χ1) is 10.2. The van der Waals surface area contributed by atoms with E-state index in [9.17, 15) is 13.2 Å². The fraction of sp³-hybridized carbons (Fsp3) is 0.562. The Labute approximate surface area is 132 Å². The van der Waals surface area contributed by atoms with Gasteiger partial charge in [0.15, 0.2) is 0 Å². The van der Waals surface area contributed by atoms with E-state index >= 15 is 0 Å². The molecule has 22 heavy (non-hydrogen) atoms. The number of aryl methyl sites for hydroxylation is 1. The molecule has 1 aliphatic rings. The highest BCUT2D eigenvalue weighted by molar-refractivity contribution is 7.93. The molecule has 6 heteroatoms. The molecule has 0 saturated heterocycles. The van der Waals surface area contributed by atoms with Gasteiger partial charge < -0.3 is 4.90 Å². The SMILES string of the molecule is CC(C)C(=O)N1CCCc2cc(NS(=O)(=O)C(C)C)ccc21. The van der Waals surface area contributed by atoms with Crippen molar-refractivity contribution < 1.29 is 13.2 Å². The van der Waals surface area contributed by atoms with Crippen molar-refractivity contribution >= 4 is 27.3 Å². The van der Waals surface area contributed by atoms with Gasteiger partial charge in [0.1, 0.15) is 0 Å². The lowest BCUT2D eigenvalue weighted by atomic mass is 9.99. The number of fused-ring (bicyclic) bond motifs is 1. The zero-order chi connectivity index (χ0) is 16.5. The van der Waals surface area contributed by atoms with E-state index in [2.05, 4.69) is 4.72 Å². The van der Waals surface area contributed by atoms with Crippen LogP contribution in [-0.2, 0) is 21.2 Å². The molecule has 0 fully saturated rings. The molecule has 0 saturated carbocycles.